The number of nitrogens with zero attached hydrogens (tertiary/aromatic N) is 2. The van der Waals surface area contributed by atoms with Crippen LogP contribution in [0, 0.1) is 20.8 Å². The lowest BCUT2D eigenvalue weighted by Gasteiger charge is -2.12. The van der Waals surface area contributed by atoms with E-state index in [2.05, 4.69) is 31.1 Å². The number of rotatable bonds is 5. The van der Waals surface area contributed by atoms with Crippen LogP contribution in [0.5, 0.6) is 0 Å². The van der Waals surface area contributed by atoms with Crippen molar-refractivity contribution in [3.05, 3.63) is 87.3 Å². The summed E-state index contributed by atoms with van der Waals surface area (Å²) in [7, 11) is 0. The molecular formula is C25H23BrN4O3. The maximum Gasteiger partial charge on any atom is 0.329 e. The fraction of sp³-hybridized carbons (Fsp3) is 0.160. The van der Waals surface area contributed by atoms with E-state index < -0.39 is 17.8 Å². The number of nitrogens with one attached hydrogen (secondary N) is 2. The normalized spacial score (nSPS) is 14.7. The second-order valence-electron chi connectivity index (χ2n) is 7.91. The highest BCUT2D eigenvalue weighted by molar-refractivity contribution is 9.10. The minimum atomic E-state index is -0.620. The summed E-state index contributed by atoms with van der Waals surface area (Å²) in [5.41, 5.74) is 5.43. The number of para-hydroxylation sites is 1. The average molecular weight is 507 g/mol. The van der Waals surface area contributed by atoms with Gasteiger partial charge in [0, 0.05) is 21.5 Å². The van der Waals surface area contributed by atoms with Gasteiger partial charge in [-0.3, -0.25) is 9.59 Å². The molecule has 0 unspecified atom stereocenters. The van der Waals surface area contributed by atoms with Gasteiger partial charge in [-0.1, -0.05) is 24.3 Å². The lowest BCUT2D eigenvalue weighted by atomic mass is 10.2. The summed E-state index contributed by atoms with van der Waals surface area (Å²) < 4.78 is 3.02. The molecule has 0 spiro atoms. The number of hydrogen-bond donors (Lipinski definition) is 2. The molecule has 4 amide bonds. The molecule has 1 aliphatic heterocycles. The molecule has 2 aromatic carbocycles. The fourth-order valence-corrected chi connectivity index (χ4v) is 4.34. The molecule has 0 atom stereocenters. The van der Waals surface area contributed by atoms with E-state index in [4.69, 9.17) is 0 Å². The Labute approximate surface area is 200 Å². The highest BCUT2D eigenvalue weighted by Crippen LogP contribution is 2.28. The third-order valence-electron chi connectivity index (χ3n) is 5.43. The summed E-state index contributed by atoms with van der Waals surface area (Å²) in [4.78, 5) is 38.6. The number of amides is 4. The van der Waals surface area contributed by atoms with Crippen LogP contribution in [0.4, 0.5) is 10.5 Å². The number of imide groups is 1. The summed E-state index contributed by atoms with van der Waals surface area (Å²) in [6, 6.07) is 16.5. The molecule has 168 valence electrons. The number of aryl methyl sites for hydroxylation is 2. The number of anilines is 1. The molecule has 1 saturated heterocycles. The Balaban J connectivity index is 1.54. The Morgan fingerprint density at radius 2 is 1.82 bits per heavy atom. The topological polar surface area (TPSA) is 83.4 Å². The molecule has 3 aromatic rings. The third-order valence-corrected chi connectivity index (χ3v) is 6.10. The van der Waals surface area contributed by atoms with Crippen molar-refractivity contribution in [2.45, 2.75) is 20.8 Å². The van der Waals surface area contributed by atoms with E-state index in [1.54, 1.807) is 12.1 Å². The van der Waals surface area contributed by atoms with Crippen molar-refractivity contribution in [2.24, 2.45) is 0 Å². The van der Waals surface area contributed by atoms with Crippen molar-refractivity contribution in [1.29, 1.82) is 0 Å². The summed E-state index contributed by atoms with van der Waals surface area (Å²) in [6.45, 7) is 5.47. The third kappa shape index (κ3) is 4.61. The van der Waals surface area contributed by atoms with Gasteiger partial charge >= 0.3 is 6.03 Å². The second-order valence-corrected chi connectivity index (χ2v) is 8.76. The van der Waals surface area contributed by atoms with E-state index in [9.17, 15) is 14.4 Å². The molecule has 7 nitrogen and oxygen atoms in total. The lowest BCUT2D eigenvalue weighted by Crippen LogP contribution is -2.38. The molecule has 2 N–H and O–H groups in total. The predicted molar refractivity (Wildman–Crippen MR) is 131 cm³/mol. The Morgan fingerprint density at radius 3 is 2.55 bits per heavy atom. The summed E-state index contributed by atoms with van der Waals surface area (Å²) in [6.07, 6.45) is 1.65. The lowest BCUT2D eigenvalue weighted by molar-refractivity contribution is -0.127. The quantitative estimate of drug-likeness (QED) is 0.388. The molecule has 0 radical (unpaired) electrons. The van der Waals surface area contributed by atoms with Crippen LogP contribution in [-0.2, 0) is 9.59 Å². The van der Waals surface area contributed by atoms with Crippen LogP contribution >= 0.6 is 15.9 Å². The second kappa shape index (κ2) is 9.07. The molecule has 0 saturated carbocycles. The molecule has 0 aliphatic carbocycles. The first kappa shape index (κ1) is 22.5. The number of urea groups is 1. The Kier molecular flexibility index (Phi) is 6.20. The molecule has 1 aliphatic rings. The predicted octanol–water partition coefficient (Wildman–Crippen LogP) is 4.70. The zero-order valence-corrected chi connectivity index (χ0v) is 20.1. The van der Waals surface area contributed by atoms with Gasteiger partial charge in [0.2, 0.25) is 5.91 Å². The SMILES string of the molecule is Cc1cccc(NC(=O)CN2C(=O)N/C(=C/c3cc(C)n(-c4ccccc4Br)c3C)C2=O)c1. The van der Waals surface area contributed by atoms with E-state index in [1.807, 2.05) is 69.3 Å². The summed E-state index contributed by atoms with van der Waals surface area (Å²) >= 11 is 3.58. The van der Waals surface area contributed by atoms with Crippen molar-refractivity contribution in [1.82, 2.24) is 14.8 Å². The Hall–Kier alpha value is -3.65. The van der Waals surface area contributed by atoms with Crippen LogP contribution < -0.4 is 10.6 Å². The Morgan fingerprint density at radius 1 is 1.06 bits per heavy atom. The molecule has 8 heteroatoms. The fourth-order valence-electron chi connectivity index (χ4n) is 3.88. The van der Waals surface area contributed by atoms with Gasteiger partial charge in [-0.25, -0.2) is 9.69 Å². The zero-order chi connectivity index (χ0) is 23.7. The average Bonchev–Trinajstić information content (AvgIpc) is 3.18. The number of aromatic nitrogens is 1. The van der Waals surface area contributed by atoms with Crippen molar-refractivity contribution < 1.29 is 14.4 Å². The summed E-state index contributed by atoms with van der Waals surface area (Å²) in [5.74, 6) is -0.984. The van der Waals surface area contributed by atoms with E-state index in [1.165, 1.54) is 0 Å². The minimum absolute atomic E-state index is 0.135. The van der Waals surface area contributed by atoms with Crippen LogP contribution in [0.1, 0.15) is 22.5 Å². The Bertz CT molecular complexity index is 1310. The van der Waals surface area contributed by atoms with Crippen molar-refractivity contribution in [2.75, 3.05) is 11.9 Å². The molecule has 1 aromatic heterocycles. The number of hydrogen-bond acceptors (Lipinski definition) is 3. The number of benzene rings is 2. The van der Waals surface area contributed by atoms with Gasteiger partial charge < -0.3 is 15.2 Å². The highest BCUT2D eigenvalue weighted by Gasteiger charge is 2.35. The summed E-state index contributed by atoms with van der Waals surface area (Å²) in [5, 5.41) is 5.31. The number of halogens is 1. The van der Waals surface area contributed by atoms with Gasteiger partial charge in [-0.05, 0) is 84.2 Å². The van der Waals surface area contributed by atoms with Crippen LogP contribution in [0.3, 0.4) is 0 Å². The van der Waals surface area contributed by atoms with Gasteiger partial charge in [0.25, 0.3) is 5.91 Å². The van der Waals surface area contributed by atoms with Gasteiger partial charge in [-0.15, -0.1) is 0 Å². The van der Waals surface area contributed by atoms with Crippen LogP contribution in [0.25, 0.3) is 11.8 Å². The van der Waals surface area contributed by atoms with Gasteiger partial charge in [0.05, 0.1) is 5.69 Å². The first-order valence-corrected chi connectivity index (χ1v) is 11.2. The largest absolute Gasteiger partial charge is 0.329 e. The van der Waals surface area contributed by atoms with E-state index in [0.29, 0.717) is 5.69 Å². The van der Waals surface area contributed by atoms with Crippen LogP contribution in [-0.4, -0.2) is 33.9 Å². The highest BCUT2D eigenvalue weighted by atomic mass is 79.9. The molecule has 33 heavy (non-hydrogen) atoms. The first-order chi connectivity index (χ1) is 15.7. The maximum absolute atomic E-state index is 12.9. The smallest absolute Gasteiger partial charge is 0.325 e. The zero-order valence-electron chi connectivity index (χ0n) is 18.5. The van der Waals surface area contributed by atoms with Crippen molar-refractivity contribution in [3.8, 4) is 5.69 Å². The van der Waals surface area contributed by atoms with Crippen molar-refractivity contribution in [3.63, 3.8) is 0 Å². The maximum atomic E-state index is 12.9. The first-order valence-electron chi connectivity index (χ1n) is 10.4. The van der Waals surface area contributed by atoms with E-state index in [0.717, 1.165) is 37.6 Å². The molecule has 2 heterocycles. The van der Waals surface area contributed by atoms with Gasteiger partial charge in [0.15, 0.2) is 0 Å². The van der Waals surface area contributed by atoms with Crippen molar-refractivity contribution >= 4 is 45.5 Å². The molecule has 1 fully saturated rings. The van der Waals surface area contributed by atoms with Gasteiger partial charge in [0.1, 0.15) is 12.2 Å². The number of carbonyl (C=O) groups excluding carboxylic acids is 3. The van der Waals surface area contributed by atoms with E-state index >= 15 is 0 Å². The molecular weight excluding hydrogens is 484 g/mol. The number of carbonyl (C=O) groups is 3. The minimum Gasteiger partial charge on any atom is -0.325 e. The van der Waals surface area contributed by atoms with E-state index in [-0.39, 0.29) is 12.2 Å². The molecule has 4 rings (SSSR count). The van der Waals surface area contributed by atoms with Crippen LogP contribution in [0.2, 0.25) is 0 Å². The standard InChI is InChI=1S/C25H23BrN4O3/c1-15-7-6-8-19(11-15)27-23(31)14-29-24(32)21(28-25(29)33)13-18-12-16(2)30(17(18)3)22-10-5-4-9-20(22)26/h4-13H,14H2,1-3H3,(H,27,31)(H,28,33)/b21-13+. The monoisotopic (exact) mass is 506 g/mol. The van der Waals surface area contributed by atoms with Crippen LogP contribution in [0.15, 0.2) is 64.8 Å². The molecule has 0 bridgehead atoms. The van der Waals surface area contributed by atoms with Gasteiger partial charge in [-0.2, -0.15) is 0 Å².